The van der Waals surface area contributed by atoms with E-state index in [4.69, 9.17) is 9.47 Å². The number of amides is 1. The Kier molecular flexibility index (Phi) is 6.60. The minimum Gasteiger partial charge on any atom is -0.497 e. The molecule has 0 saturated carbocycles. The third-order valence-electron chi connectivity index (χ3n) is 4.45. The Balaban J connectivity index is 1.69. The van der Waals surface area contributed by atoms with Gasteiger partial charge in [0.05, 0.1) is 32.1 Å². The molecule has 1 amide bonds. The van der Waals surface area contributed by atoms with Crippen molar-refractivity contribution in [2.24, 2.45) is 0 Å². The third-order valence-corrected chi connectivity index (χ3v) is 4.45. The molecule has 2 N–H and O–H groups in total. The molecule has 1 aromatic heterocycles. The van der Waals surface area contributed by atoms with Gasteiger partial charge in [-0.1, -0.05) is 24.0 Å². The van der Waals surface area contributed by atoms with Crippen molar-refractivity contribution < 1.29 is 14.3 Å². The number of aromatic nitrogens is 2. The van der Waals surface area contributed by atoms with Gasteiger partial charge in [-0.25, -0.2) is 0 Å². The summed E-state index contributed by atoms with van der Waals surface area (Å²) in [5, 5.41) is 9.78. The number of para-hydroxylation sites is 1. The average Bonchev–Trinajstić information content (AvgIpc) is 3.26. The molecule has 7 heteroatoms. The fourth-order valence-electron chi connectivity index (χ4n) is 2.92. The maximum Gasteiger partial charge on any atom is 0.270 e. The van der Waals surface area contributed by atoms with Gasteiger partial charge in [0.25, 0.3) is 5.91 Å². The summed E-state index contributed by atoms with van der Waals surface area (Å²) in [5.41, 5.74) is 3.59. The molecule has 30 heavy (non-hydrogen) atoms. The van der Waals surface area contributed by atoms with Crippen molar-refractivity contribution in [3.05, 3.63) is 59.8 Å². The number of carbonyl (C=O) groups excluding carboxylic acids is 1. The van der Waals surface area contributed by atoms with Crippen LogP contribution in [0.3, 0.4) is 0 Å². The van der Waals surface area contributed by atoms with E-state index < -0.39 is 0 Å². The number of benzene rings is 2. The van der Waals surface area contributed by atoms with Crippen molar-refractivity contribution in [3.8, 4) is 34.6 Å². The highest BCUT2D eigenvalue weighted by molar-refractivity contribution is 5.93. The molecule has 154 valence electrons. The molecular weight excluding hydrogens is 380 g/mol. The van der Waals surface area contributed by atoms with Gasteiger partial charge in [0.2, 0.25) is 0 Å². The quantitative estimate of drug-likeness (QED) is 0.618. The topological polar surface area (TPSA) is 79.5 Å². The van der Waals surface area contributed by atoms with E-state index in [1.165, 1.54) is 0 Å². The van der Waals surface area contributed by atoms with Crippen molar-refractivity contribution in [2.75, 3.05) is 39.8 Å². The van der Waals surface area contributed by atoms with Crippen molar-refractivity contribution in [1.82, 2.24) is 15.5 Å². The van der Waals surface area contributed by atoms with Crippen LogP contribution in [0.5, 0.6) is 11.5 Å². The summed E-state index contributed by atoms with van der Waals surface area (Å²) in [6.45, 7) is 0.220. The second-order valence-corrected chi connectivity index (χ2v) is 6.63. The minimum atomic E-state index is -0.286. The zero-order valence-corrected chi connectivity index (χ0v) is 17.4. The lowest BCUT2D eigenvalue weighted by molar-refractivity contribution is 0.0953. The molecule has 0 radical (unpaired) electrons. The Morgan fingerprint density at radius 3 is 2.67 bits per heavy atom. The molecule has 0 aliphatic carbocycles. The van der Waals surface area contributed by atoms with Gasteiger partial charge in [-0.3, -0.25) is 9.89 Å². The lowest BCUT2D eigenvalue weighted by Gasteiger charge is -2.13. The van der Waals surface area contributed by atoms with E-state index in [1.807, 2.05) is 49.3 Å². The number of aromatic amines is 1. The van der Waals surface area contributed by atoms with Crippen LogP contribution in [0.15, 0.2) is 48.5 Å². The van der Waals surface area contributed by atoms with Crippen LogP contribution in [0.4, 0.5) is 5.69 Å². The van der Waals surface area contributed by atoms with Gasteiger partial charge in [0.1, 0.15) is 17.2 Å². The van der Waals surface area contributed by atoms with E-state index in [1.54, 1.807) is 32.4 Å². The summed E-state index contributed by atoms with van der Waals surface area (Å²) in [5.74, 6) is 7.11. The number of H-pyrrole nitrogens is 1. The van der Waals surface area contributed by atoms with Crippen molar-refractivity contribution in [3.63, 3.8) is 0 Å². The summed E-state index contributed by atoms with van der Waals surface area (Å²) < 4.78 is 10.6. The zero-order valence-electron chi connectivity index (χ0n) is 17.4. The van der Waals surface area contributed by atoms with Crippen LogP contribution in [0.25, 0.3) is 11.3 Å². The Morgan fingerprint density at radius 2 is 1.93 bits per heavy atom. The van der Waals surface area contributed by atoms with Crippen LogP contribution in [0.2, 0.25) is 0 Å². The van der Waals surface area contributed by atoms with Crippen LogP contribution in [-0.4, -0.2) is 51.0 Å². The molecule has 0 spiro atoms. The van der Waals surface area contributed by atoms with Gasteiger partial charge in [0, 0.05) is 25.2 Å². The van der Waals surface area contributed by atoms with Crippen molar-refractivity contribution >= 4 is 11.6 Å². The molecule has 1 heterocycles. The second-order valence-electron chi connectivity index (χ2n) is 6.63. The SMILES string of the molecule is COc1ccc(OC)c(-c2cc(C(=O)NCC#Cc3ccccc3N(C)C)[nH]n2)c1. The number of anilines is 1. The first-order valence-electron chi connectivity index (χ1n) is 9.34. The van der Waals surface area contributed by atoms with Gasteiger partial charge < -0.3 is 19.7 Å². The van der Waals surface area contributed by atoms with E-state index in [2.05, 4.69) is 27.4 Å². The molecule has 0 atom stereocenters. The van der Waals surface area contributed by atoms with Crippen LogP contribution < -0.4 is 19.7 Å². The monoisotopic (exact) mass is 404 g/mol. The molecule has 3 rings (SSSR count). The molecule has 0 bridgehead atoms. The maximum absolute atomic E-state index is 12.4. The van der Waals surface area contributed by atoms with Crippen LogP contribution in [0.1, 0.15) is 16.1 Å². The van der Waals surface area contributed by atoms with Crippen molar-refractivity contribution in [1.29, 1.82) is 0 Å². The fourth-order valence-corrected chi connectivity index (χ4v) is 2.92. The van der Waals surface area contributed by atoms with Crippen molar-refractivity contribution in [2.45, 2.75) is 0 Å². The number of rotatable bonds is 6. The average molecular weight is 404 g/mol. The fraction of sp³-hybridized carbons (Fsp3) is 0.217. The van der Waals surface area contributed by atoms with Gasteiger partial charge >= 0.3 is 0 Å². The van der Waals surface area contributed by atoms with Gasteiger partial charge in [-0.05, 0) is 36.4 Å². The smallest absolute Gasteiger partial charge is 0.270 e. The number of ether oxygens (including phenoxy) is 2. The number of carbonyl (C=O) groups is 1. The molecule has 0 fully saturated rings. The van der Waals surface area contributed by atoms with Crippen LogP contribution in [0, 0.1) is 11.8 Å². The highest BCUT2D eigenvalue weighted by Gasteiger charge is 2.14. The Hall–Kier alpha value is -3.92. The normalized spacial score (nSPS) is 10.0. The summed E-state index contributed by atoms with van der Waals surface area (Å²) in [6.07, 6.45) is 0. The molecule has 0 saturated heterocycles. The number of methoxy groups -OCH3 is 2. The van der Waals surface area contributed by atoms with Gasteiger partial charge in [-0.15, -0.1) is 0 Å². The first-order chi connectivity index (χ1) is 14.5. The largest absolute Gasteiger partial charge is 0.497 e. The van der Waals surface area contributed by atoms with E-state index in [0.29, 0.717) is 22.9 Å². The summed E-state index contributed by atoms with van der Waals surface area (Å²) in [7, 11) is 7.11. The molecule has 3 aromatic rings. The standard InChI is InChI=1S/C23H24N4O3/c1-27(2)21-10-6-5-8-16(21)9-7-13-24-23(28)20-15-19(25-26-20)18-14-17(29-3)11-12-22(18)30-4/h5-6,8,10-12,14-15H,13H2,1-4H3,(H,24,28)(H,25,26). The Labute approximate surface area is 176 Å². The summed E-state index contributed by atoms with van der Waals surface area (Å²) in [6, 6.07) is 14.9. The minimum absolute atomic E-state index is 0.220. The molecule has 0 aliphatic rings. The number of nitrogens with zero attached hydrogens (tertiary/aromatic N) is 2. The number of nitrogens with one attached hydrogen (secondary N) is 2. The Morgan fingerprint density at radius 1 is 1.13 bits per heavy atom. The molecule has 7 nitrogen and oxygen atoms in total. The predicted molar refractivity (Wildman–Crippen MR) is 117 cm³/mol. The number of hydrogen-bond acceptors (Lipinski definition) is 5. The molecule has 0 unspecified atom stereocenters. The van der Waals surface area contributed by atoms with E-state index in [0.717, 1.165) is 16.8 Å². The third kappa shape index (κ3) is 4.73. The molecular formula is C23H24N4O3. The van der Waals surface area contributed by atoms with Gasteiger partial charge in [0.15, 0.2) is 0 Å². The molecule has 0 aliphatic heterocycles. The maximum atomic E-state index is 12.4. The lowest BCUT2D eigenvalue weighted by Crippen LogP contribution is -2.23. The molecule has 2 aromatic carbocycles. The van der Waals surface area contributed by atoms with Crippen LogP contribution in [-0.2, 0) is 0 Å². The van der Waals surface area contributed by atoms with Crippen LogP contribution >= 0.6 is 0 Å². The zero-order chi connectivity index (χ0) is 21.5. The second kappa shape index (κ2) is 9.52. The summed E-state index contributed by atoms with van der Waals surface area (Å²) >= 11 is 0. The van der Waals surface area contributed by atoms with E-state index in [9.17, 15) is 4.79 Å². The summed E-state index contributed by atoms with van der Waals surface area (Å²) in [4.78, 5) is 14.4. The highest BCUT2D eigenvalue weighted by Crippen LogP contribution is 2.32. The first-order valence-corrected chi connectivity index (χ1v) is 9.34. The Bertz CT molecular complexity index is 1090. The number of hydrogen-bond donors (Lipinski definition) is 2. The van der Waals surface area contributed by atoms with E-state index in [-0.39, 0.29) is 12.5 Å². The van der Waals surface area contributed by atoms with Gasteiger partial charge in [-0.2, -0.15) is 5.10 Å². The predicted octanol–water partition coefficient (Wildman–Crippen LogP) is 2.94. The lowest BCUT2D eigenvalue weighted by atomic mass is 10.1. The first kappa shape index (κ1) is 20.8. The van der Waals surface area contributed by atoms with E-state index >= 15 is 0 Å². The highest BCUT2D eigenvalue weighted by atomic mass is 16.5.